The van der Waals surface area contributed by atoms with Crippen LogP contribution in [0.25, 0.3) is 0 Å². The minimum absolute atomic E-state index is 0.0819. The quantitative estimate of drug-likeness (QED) is 0.646. The highest BCUT2D eigenvalue weighted by Crippen LogP contribution is 2.38. The average molecular weight is 424 g/mol. The lowest BCUT2D eigenvalue weighted by molar-refractivity contribution is -0.116. The van der Waals surface area contributed by atoms with Gasteiger partial charge < -0.3 is 15.5 Å². The largest absolute Gasteiger partial charge is 0.494 e. The normalized spacial score (nSPS) is 17.7. The lowest BCUT2D eigenvalue weighted by atomic mass is 10.0. The van der Waals surface area contributed by atoms with E-state index in [4.69, 9.17) is 4.74 Å². The number of nitrogens with zero attached hydrogens (tertiary/aromatic N) is 3. The van der Waals surface area contributed by atoms with E-state index in [0.29, 0.717) is 11.8 Å². The lowest BCUT2D eigenvalue weighted by Crippen LogP contribution is -2.41. The maximum absolute atomic E-state index is 13.3. The third-order valence-corrected chi connectivity index (χ3v) is 6.40. The number of carbonyl (C=O) groups excluding carboxylic acids is 1. The topological polar surface area (TPSA) is 81.1 Å². The molecular formula is C22H25N5O2S. The van der Waals surface area contributed by atoms with Crippen LogP contribution < -0.4 is 15.5 Å². The Bertz CT molecular complexity index is 1060. The van der Waals surface area contributed by atoms with Crippen LogP contribution in [0.2, 0.25) is 0 Å². The van der Waals surface area contributed by atoms with Gasteiger partial charge >= 0.3 is 0 Å². The lowest BCUT2D eigenvalue weighted by Gasteiger charge is -2.32. The van der Waals surface area contributed by atoms with Crippen molar-refractivity contribution in [1.29, 1.82) is 0 Å². The summed E-state index contributed by atoms with van der Waals surface area (Å²) in [5.74, 6) is 1.48. The van der Waals surface area contributed by atoms with Gasteiger partial charge in [0.1, 0.15) is 16.8 Å². The van der Waals surface area contributed by atoms with Crippen LogP contribution in [0.4, 0.5) is 5.69 Å². The summed E-state index contributed by atoms with van der Waals surface area (Å²) in [5.41, 5.74) is 7.53. The van der Waals surface area contributed by atoms with Crippen molar-refractivity contribution in [3.8, 4) is 5.75 Å². The van der Waals surface area contributed by atoms with Crippen molar-refractivity contribution < 1.29 is 9.53 Å². The van der Waals surface area contributed by atoms with Gasteiger partial charge in [-0.1, -0.05) is 30.0 Å². The first-order chi connectivity index (χ1) is 14.5. The van der Waals surface area contributed by atoms with Crippen molar-refractivity contribution in [1.82, 2.24) is 14.9 Å². The van der Waals surface area contributed by atoms with Crippen molar-refractivity contribution in [3.63, 3.8) is 0 Å². The number of rotatable bonds is 5. The Morgan fingerprint density at radius 2 is 1.90 bits per heavy atom. The van der Waals surface area contributed by atoms with Crippen molar-refractivity contribution in [2.45, 2.75) is 44.1 Å². The van der Waals surface area contributed by atoms with E-state index in [-0.39, 0.29) is 11.9 Å². The number of carbonyl (C=O) groups is 1. The summed E-state index contributed by atoms with van der Waals surface area (Å²) in [6.07, 6.45) is 0. The van der Waals surface area contributed by atoms with Crippen LogP contribution in [-0.4, -0.2) is 32.6 Å². The van der Waals surface area contributed by atoms with Crippen molar-refractivity contribution in [2.75, 3.05) is 17.3 Å². The average Bonchev–Trinajstić information content (AvgIpc) is 3.11. The molecule has 0 unspecified atom stereocenters. The van der Waals surface area contributed by atoms with Gasteiger partial charge in [-0.2, -0.15) is 0 Å². The molecule has 0 radical (unpaired) electrons. The molecule has 2 heterocycles. The van der Waals surface area contributed by atoms with Crippen LogP contribution in [0.15, 0.2) is 47.6 Å². The second-order valence-corrected chi connectivity index (χ2v) is 8.41. The molecule has 1 aromatic heterocycles. The molecule has 1 amide bonds. The zero-order chi connectivity index (χ0) is 21.3. The maximum atomic E-state index is 13.3. The van der Waals surface area contributed by atoms with Gasteiger partial charge in [-0.05, 0) is 68.7 Å². The van der Waals surface area contributed by atoms with Crippen LogP contribution in [0.1, 0.15) is 35.5 Å². The predicted octanol–water partition coefficient (Wildman–Crippen LogP) is 4.00. The predicted molar refractivity (Wildman–Crippen MR) is 119 cm³/mol. The summed E-state index contributed by atoms with van der Waals surface area (Å²) in [7, 11) is 0. The van der Waals surface area contributed by atoms with Crippen LogP contribution >= 0.6 is 11.8 Å². The van der Waals surface area contributed by atoms with E-state index in [9.17, 15) is 4.79 Å². The number of nitrogens with one attached hydrogen (secondary N) is 2. The second kappa shape index (κ2) is 8.39. The molecule has 2 N–H and O–H groups in total. The molecule has 0 bridgehead atoms. The number of aryl methyl sites for hydroxylation is 3. The molecule has 0 saturated carbocycles. The fourth-order valence-corrected chi connectivity index (χ4v) is 4.51. The molecule has 156 valence electrons. The third-order valence-electron chi connectivity index (χ3n) is 5.18. The molecular weight excluding hydrogens is 398 g/mol. The Morgan fingerprint density at radius 3 is 2.60 bits per heavy atom. The smallest absolute Gasteiger partial charge is 0.240 e. The highest BCUT2D eigenvalue weighted by molar-refractivity contribution is 8.00. The SMILES string of the molecule is CCOc1ccc([C@H]2Nn3c(C)nnc3S[C@@H]2C(=O)Nc2ccc(C)c(C)c2)cc1. The number of fused-ring (bicyclic) bond motifs is 1. The Kier molecular flexibility index (Phi) is 5.67. The first-order valence-corrected chi connectivity index (χ1v) is 10.8. The molecule has 0 spiro atoms. The fourth-order valence-electron chi connectivity index (χ4n) is 3.38. The number of thioether (sulfide) groups is 1. The summed E-state index contributed by atoms with van der Waals surface area (Å²) in [4.78, 5) is 13.3. The summed E-state index contributed by atoms with van der Waals surface area (Å²) < 4.78 is 7.39. The van der Waals surface area contributed by atoms with Gasteiger partial charge in [0, 0.05) is 5.69 Å². The van der Waals surface area contributed by atoms with Crippen molar-refractivity contribution >= 4 is 23.4 Å². The molecule has 0 fully saturated rings. The van der Waals surface area contributed by atoms with Gasteiger partial charge in [0.2, 0.25) is 11.1 Å². The number of ether oxygens (including phenoxy) is 1. The van der Waals surface area contributed by atoms with Crippen LogP contribution in [-0.2, 0) is 4.79 Å². The Morgan fingerprint density at radius 1 is 1.13 bits per heavy atom. The minimum Gasteiger partial charge on any atom is -0.494 e. The molecule has 4 rings (SSSR count). The first-order valence-electron chi connectivity index (χ1n) is 9.92. The maximum Gasteiger partial charge on any atom is 0.240 e. The standard InChI is InChI=1S/C22H25N5O2S/c1-5-29-18-10-7-16(8-11-18)19-20(30-22-25-24-15(4)27(22)26-19)21(28)23-17-9-6-13(2)14(3)12-17/h6-12,19-20,26H,5H2,1-4H3,(H,23,28)/t19-,20+/m1/s1. The van der Waals surface area contributed by atoms with Crippen molar-refractivity contribution in [3.05, 3.63) is 65.0 Å². The summed E-state index contributed by atoms with van der Waals surface area (Å²) in [5, 5.41) is 11.7. The summed E-state index contributed by atoms with van der Waals surface area (Å²) in [6.45, 7) is 8.54. The molecule has 3 aromatic rings. The van der Waals surface area contributed by atoms with Gasteiger partial charge in [0.15, 0.2) is 0 Å². The van der Waals surface area contributed by atoms with E-state index < -0.39 is 5.25 Å². The number of benzene rings is 2. The summed E-state index contributed by atoms with van der Waals surface area (Å²) >= 11 is 1.41. The molecule has 0 saturated heterocycles. The molecule has 8 heteroatoms. The Balaban J connectivity index is 1.63. The third kappa shape index (κ3) is 4.00. The van der Waals surface area contributed by atoms with Gasteiger partial charge in [0.05, 0.1) is 12.6 Å². The highest BCUT2D eigenvalue weighted by Gasteiger charge is 2.37. The van der Waals surface area contributed by atoms with E-state index in [1.54, 1.807) is 0 Å². The molecule has 30 heavy (non-hydrogen) atoms. The van der Waals surface area contributed by atoms with Gasteiger partial charge in [-0.15, -0.1) is 10.2 Å². The van der Waals surface area contributed by atoms with Gasteiger partial charge in [-0.3, -0.25) is 4.79 Å². The van der Waals surface area contributed by atoms with Crippen LogP contribution in [0.5, 0.6) is 5.75 Å². The Labute approximate surface area is 180 Å². The van der Waals surface area contributed by atoms with E-state index >= 15 is 0 Å². The van der Waals surface area contributed by atoms with Crippen LogP contribution in [0.3, 0.4) is 0 Å². The zero-order valence-electron chi connectivity index (χ0n) is 17.5. The first kappa shape index (κ1) is 20.3. The van der Waals surface area contributed by atoms with E-state index in [0.717, 1.165) is 28.4 Å². The van der Waals surface area contributed by atoms with Crippen molar-refractivity contribution in [2.24, 2.45) is 0 Å². The number of hydrogen-bond acceptors (Lipinski definition) is 6. The van der Waals surface area contributed by atoms with E-state index in [1.165, 1.54) is 17.3 Å². The second-order valence-electron chi connectivity index (χ2n) is 7.30. The molecule has 7 nitrogen and oxygen atoms in total. The van der Waals surface area contributed by atoms with E-state index in [1.807, 2.05) is 67.9 Å². The molecule has 0 aliphatic carbocycles. The molecule has 2 atom stereocenters. The molecule has 2 aromatic carbocycles. The Hall–Kier alpha value is -3.00. The number of amides is 1. The van der Waals surface area contributed by atoms with Gasteiger partial charge in [-0.25, -0.2) is 4.68 Å². The monoisotopic (exact) mass is 423 g/mol. The number of hydrogen-bond donors (Lipinski definition) is 2. The van der Waals surface area contributed by atoms with Crippen LogP contribution in [0, 0.1) is 20.8 Å². The number of anilines is 1. The zero-order valence-corrected chi connectivity index (χ0v) is 18.3. The number of aromatic nitrogens is 3. The fraction of sp³-hybridized carbons (Fsp3) is 0.318. The molecule has 1 aliphatic heterocycles. The van der Waals surface area contributed by atoms with Gasteiger partial charge in [0.25, 0.3) is 0 Å². The summed E-state index contributed by atoms with van der Waals surface area (Å²) in [6, 6.07) is 13.5. The highest BCUT2D eigenvalue weighted by atomic mass is 32.2. The van der Waals surface area contributed by atoms with E-state index in [2.05, 4.69) is 27.9 Å². The minimum atomic E-state index is -0.416. The molecule has 1 aliphatic rings.